The first-order chi connectivity index (χ1) is 9.10. The molecule has 0 atom stereocenters. The zero-order valence-electron chi connectivity index (χ0n) is 11.0. The number of rotatable bonds is 2. The standard InChI is InChI=1S/C11H12ClFN4O2S/c1-11(2,3)17-9(8-5-4-7(13)6-14-8)15-16-10(17)20(12,18)19/h4-6H,1-3H3. The van der Waals surface area contributed by atoms with E-state index in [1.165, 1.54) is 16.7 Å². The van der Waals surface area contributed by atoms with Crippen molar-refractivity contribution in [2.24, 2.45) is 0 Å². The van der Waals surface area contributed by atoms with Crippen molar-refractivity contribution in [3.63, 3.8) is 0 Å². The third kappa shape index (κ3) is 2.80. The van der Waals surface area contributed by atoms with E-state index in [1.807, 2.05) is 0 Å². The van der Waals surface area contributed by atoms with Crippen LogP contribution in [-0.2, 0) is 14.6 Å². The molecule has 2 rings (SSSR count). The second-order valence-electron chi connectivity index (χ2n) is 5.11. The summed E-state index contributed by atoms with van der Waals surface area (Å²) >= 11 is 0. The predicted octanol–water partition coefficient (Wildman–Crippen LogP) is 2.16. The van der Waals surface area contributed by atoms with Gasteiger partial charge in [-0.25, -0.2) is 17.8 Å². The van der Waals surface area contributed by atoms with Gasteiger partial charge in [-0.15, -0.1) is 10.2 Å². The first-order valence-corrected chi connectivity index (χ1v) is 7.94. The molecule has 2 aromatic heterocycles. The predicted molar refractivity (Wildman–Crippen MR) is 71.2 cm³/mol. The van der Waals surface area contributed by atoms with Crippen molar-refractivity contribution in [2.45, 2.75) is 31.5 Å². The van der Waals surface area contributed by atoms with Crippen LogP contribution in [0.1, 0.15) is 20.8 Å². The monoisotopic (exact) mass is 318 g/mol. The highest BCUT2D eigenvalue weighted by molar-refractivity contribution is 8.13. The minimum Gasteiger partial charge on any atom is -0.290 e. The Morgan fingerprint density at radius 1 is 1.25 bits per heavy atom. The van der Waals surface area contributed by atoms with Crippen molar-refractivity contribution in [1.29, 1.82) is 0 Å². The maximum atomic E-state index is 12.9. The SMILES string of the molecule is CC(C)(C)n1c(-c2ccc(F)cn2)nnc1S(=O)(=O)Cl. The third-order valence-corrected chi connectivity index (χ3v) is 3.59. The van der Waals surface area contributed by atoms with Gasteiger partial charge >= 0.3 is 0 Å². The molecule has 0 fully saturated rings. The molecule has 2 aromatic rings. The Morgan fingerprint density at radius 2 is 1.90 bits per heavy atom. The summed E-state index contributed by atoms with van der Waals surface area (Å²) in [5.74, 6) is -0.294. The van der Waals surface area contributed by atoms with Crippen LogP contribution in [0, 0.1) is 5.82 Å². The molecule has 0 bridgehead atoms. The second-order valence-corrected chi connectivity index (χ2v) is 7.57. The Bertz CT molecular complexity index is 735. The minimum absolute atomic E-state index is 0.205. The second kappa shape index (κ2) is 4.78. The minimum atomic E-state index is -4.05. The average Bonchev–Trinajstić information content (AvgIpc) is 2.73. The molecule has 0 aliphatic heterocycles. The van der Waals surface area contributed by atoms with Gasteiger partial charge in [0.15, 0.2) is 5.82 Å². The molecule has 2 heterocycles. The average molecular weight is 319 g/mol. The van der Waals surface area contributed by atoms with Crippen LogP contribution in [-0.4, -0.2) is 28.2 Å². The van der Waals surface area contributed by atoms with E-state index in [0.717, 1.165) is 6.20 Å². The number of aromatic nitrogens is 4. The van der Waals surface area contributed by atoms with Gasteiger partial charge in [0.2, 0.25) is 0 Å². The first kappa shape index (κ1) is 14.9. The summed E-state index contributed by atoms with van der Waals surface area (Å²) in [4.78, 5) is 3.88. The van der Waals surface area contributed by atoms with Gasteiger partial charge in [0, 0.05) is 16.2 Å². The summed E-state index contributed by atoms with van der Waals surface area (Å²) in [7, 11) is 1.31. The van der Waals surface area contributed by atoms with E-state index in [9.17, 15) is 12.8 Å². The Kier molecular flexibility index (Phi) is 3.55. The van der Waals surface area contributed by atoms with Crippen LogP contribution in [0.3, 0.4) is 0 Å². The fourth-order valence-corrected chi connectivity index (χ4v) is 2.72. The van der Waals surface area contributed by atoms with Crippen molar-refractivity contribution in [3.05, 3.63) is 24.1 Å². The topological polar surface area (TPSA) is 77.7 Å². The lowest BCUT2D eigenvalue weighted by molar-refractivity contribution is 0.367. The van der Waals surface area contributed by atoms with Crippen LogP contribution in [0.4, 0.5) is 4.39 Å². The normalized spacial score (nSPS) is 12.7. The van der Waals surface area contributed by atoms with Gasteiger partial charge < -0.3 is 0 Å². The van der Waals surface area contributed by atoms with E-state index >= 15 is 0 Å². The zero-order chi connectivity index (χ0) is 15.1. The van der Waals surface area contributed by atoms with E-state index < -0.39 is 20.4 Å². The first-order valence-electron chi connectivity index (χ1n) is 5.63. The van der Waals surface area contributed by atoms with E-state index in [0.29, 0.717) is 5.69 Å². The molecule has 6 nitrogen and oxygen atoms in total. The van der Waals surface area contributed by atoms with Crippen LogP contribution < -0.4 is 0 Å². The number of pyridine rings is 1. The van der Waals surface area contributed by atoms with Gasteiger partial charge in [-0.2, -0.15) is 0 Å². The lowest BCUT2D eigenvalue weighted by atomic mass is 10.1. The zero-order valence-corrected chi connectivity index (χ0v) is 12.6. The van der Waals surface area contributed by atoms with E-state index in [4.69, 9.17) is 10.7 Å². The van der Waals surface area contributed by atoms with Crippen molar-refractivity contribution in [2.75, 3.05) is 0 Å². The number of hydrogen-bond acceptors (Lipinski definition) is 5. The molecule has 0 unspecified atom stereocenters. The van der Waals surface area contributed by atoms with E-state index in [1.54, 1.807) is 20.8 Å². The summed E-state index contributed by atoms with van der Waals surface area (Å²) in [6, 6.07) is 2.60. The Hall–Kier alpha value is -1.54. The molecule has 0 aliphatic rings. The molecule has 9 heteroatoms. The molecule has 0 aromatic carbocycles. The molecule has 0 saturated heterocycles. The maximum Gasteiger partial charge on any atom is 0.296 e. The smallest absolute Gasteiger partial charge is 0.290 e. The van der Waals surface area contributed by atoms with Crippen molar-refractivity contribution in [1.82, 2.24) is 19.7 Å². The van der Waals surface area contributed by atoms with Gasteiger partial charge in [-0.3, -0.25) is 4.57 Å². The molecule has 20 heavy (non-hydrogen) atoms. The van der Waals surface area contributed by atoms with Crippen LogP contribution in [0.15, 0.2) is 23.5 Å². The molecule has 0 spiro atoms. The Labute approximate surface area is 120 Å². The third-order valence-electron chi connectivity index (χ3n) is 2.48. The van der Waals surface area contributed by atoms with Gasteiger partial charge in [0.05, 0.1) is 6.20 Å². The Morgan fingerprint density at radius 3 is 2.35 bits per heavy atom. The van der Waals surface area contributed by atoms with Gasteiger partial charge in [-0.1, -0.05) is 0 Å². The molecular formula is C11H12ClFN4O2S. The summed E-state index contributed by atoms with van der Waals surface area (Å²) in [6.45, 7) is 5.32. The number of hydrogen-bond donors (Lipinski definition) is 0. The summed E-state index contributed by atoms with van der Waals surface area (Å²) < 4.78 is 37.4. The van der Waals surface area contributed by atoms with Crippen LogP contribution in [0.5, 0.6) is 0 Å². The molecule has 0 radical (unpaired) electrons. The van der Waals surface area contributed by atoms with Crippen LogP contribution in [0.2, 0.25) is 0 Å². The Balaban J connectivity index is 2.72. The van der Waals surface area contributed by atoms with Gasteiger partial charge in [0.25, 0.3) is 14.2 Å². The molecular weight excluding hydrogens is 307 g/mol. The largest absolute Gasteiger partial charge is 0.296 e. The molecule has 0 amide bonds. The van der Waals surface area contributed by atoms with Gasteiger partial charge in [0.1, 0.15) is 11.5 Å². The highest BCUT2D eigenvalue weighted by Gasteiger charge is 2.30. The quantitative estimate of drug-likeness (QED) is 0.793. The molecule has 0 N–H and O–H groups in total. The molecule has 0 saturated carbocycles. The highest BCUT2D eigenvalue weighted by atomic mass is 35.7. The van der Waals surface area contributed by atoms with Crippen LogP contribution >= 0.6 is 10.7 Å². The lowest BCUT2D eigenvalue weighted by Crippen LogP contribution is -2.26. The van der Waals surface area contributed by atoms with E-state index in [2.05, 4.69) is 15.2 Å². The van der Waals surface area contributed by atoms with Crippen molar-refractivity contribution in [3.8, 4) is 11.5 Å². The van der Waals surface area contributed by atoms with Crippen molar-refractivity contribution < 1.29 is 12.8 Å². The lowest BCUT2D eigenvalue weighted by Gasteiger charge is -2.23. The summed E-state index contributed by atoms with van der Waals surface area (Å²) in [5.41, 5.74) is -0.341. The van der Waals surface area contributed by atoms with Crippen LogP contribution in [0.25, 0.3) is 11.5 Å². The van der Waals surface area contributed by atoms with Crippen molar-refractivity contribution >= 4 is 19.7 Å². The highest BCUT2D eigenvalue weighted by Crippen LogP contribution is 2.28. The van der Waals surface area contributed by atoms with E-state index in [-0.39, 0.29) is 11.0 Å². The summed E-state index contributed by atoms with van der Waals surface area (Å²) in [5, 5.41) is 7.06. The number of halogens is 2. The molecule has 0 aliphatic carbocycles. The van der Waals surface area contributed by atoms with Gasteiger partial charge in [-0.05, 0) is 32.9 Å². The fraction of sp³-hybridized carbons (Fsp3) is 0.364. The number of nitrogens with zero attached hydrogens (tertiary/aromatic N) is 4. The fourth-order valence-electron chi connectivity index (χ4n) is 1.71. The molecule has 108 valence electrons. The summed E-state index contributed by atoms with van der Waals surface area (Å²) in [6.07, 6.45) is 1.02. The maximum absolute atomic E-state index is 12.9.